The molecule has 1 atom stereocenters. The van der Waals surface area contributed by atoms with E-state index in [1.54, 1.807) is 5.48 Å². The van der Waals surface area contributed by atoms with Crippen LogP contribution in [-0.4, -0.2) is 22.8 Å². The summed E-state index contributed by atoms with van der Waals surface area (Å²) in [5.41, 5.74) is -0.0377. The molecule has 1 heterocycles. The lowest BCUT2D eigenvalue weighted by atomic mass is 10.0. The van der Waals surface area contributed by atoms with Gasteiger partial charge in [-0.05, 0) is 13.0 Å². The molecule has 0 fully saturated rings. The number of halogens is 3. The van der Waals surface area contributed by atoms with Gasteiger partial charge in [0.2, 0.25) is 5.76 Å². The van der Waals surface area contributed by atoms with Gasteiger partial charge in [-0.1, -0.05) is 0 Å². The number of allylic oxidation sites excluding steroid dienone is 1. The molecule has 13 heavy (non-hydrogen) atoms. The molecular formula is C6H6F3NO3. The predicted octanol–water partition coefficient (Wildman–Crippen LogP) is 0.811. The van der Waals surface area contributed by atoms with Gasteiger partial charge >= 0.3 is 12.1 Å². The molecule has 2 N–H and O–H groups in total. The summed E-state index contributed by atoms with van der Waals surface area (Å²) in [4.78, 5) is 14.4. The number of carboxylic acids is 1. The first-order valence-corrected chi connectivity index (χ1v) is 3.23. The lowest BCUT2D eigenvalue weighted by molar-refractivity contribution is -0.152. The zero-order valence-electron chi connectivity index (χ0n) is 6.47. The molecule has 4 nitrogen and oxygen atoms in total. The summed E-state index contributed by atoms with van der Waals surface area (Å²) in [5, 5.41) is 8.50. The number of hydrogen-bond donors (Lipinski definition) is 2. The Morgan fingerprint density at radius 1 is 1.69 bits per heavy atom. The number of hydrogen-bond acceptors (Lipinski definition) is 3. The summed E-state index contributed by atoms with van der Waals surface area (Å²) < 4.78 is 35.8. The zero-order valence-corrected chi connectivity index (χ0v) is 6.47. The van der Waals surface area contributed by atoms with E-state index in [1.807, 2.05) is 0 Å². The second-order valence-electron chi connectivity index (χ2n) is 2.72. The fourth-order valence-corrected chi connectivity index (χ4v) is 0.727. The molecule has 1 aliphatic heterocycles. The number of rotatable bonds is 1. The third-order valence-electron chi connectivity index (χ3n) is 1.52. The maximum Gasteiger partial charge on any atom is 0.451 e. The van der Waals surface area contributed by atoms with Crippen molar-refractivity contribution in [1.29, 1.82) is 0 Å². The Labute approximate surface area is 70.9 Å². The van der Waals surface area contributed by atoms with Crippen molar-refractivity contribution >= 4 is 5.97 Å². The van der Waals surface area contributed by atoms with Gasteiger partial charge in [0.1, 0.15) is 0 Å². The molecular weight excluding hydrogens is 191 g/mol. The Morgan fingerprint density at radius 2 is 2.23 bits per heavy atom. The largest absolute Gasteiger partial charge is 0.480 e. The lowest BCUT2D eigenvalue weighted by Crippen LogP contribution is -2.43. The fourth-order valence-electron chi connectivity index (χ4n) is 0.727. The van der Waals surface area contributed by atoms with Crippen molar-refractivity contribution in [3.8, 4) is 0 Å². The predicted molar refractivity (Wildman–Crippen MR) is 34.4 cm³/mol. The monoisotopic (exact) mass is 197 g/mol. The maximum atomic E-state index is 11.9. The Hall–Kier alpha value is -1.24. The van der Waals surface area contributed by atoms with Gasteiger partial charge in [-0.25, -0.2) is 4.79 Å². The van der Waals surface area contributed by atoms with Crippen molar-refractivity contribution in [3.63, 3.8) is 0 Å². The minimum absolute atomic E-state index is 0.481. The first-order chi connectivity index (χ1) is 5.76. The van der Waals surface area contributed by atoms with Crippen molar-refractivity contribution in [2.75, 3.05) is 0 Å². The highest BCUT2D eigenvalue weighted by atomic mass is 19.4. The van der Waals surface area contributed by atoms with Gasteiger partial charge < -0.3 is 9.94 Å². The van der Waals surface area contributed by atoms with Crippen molar-refractivity contribution in [1.82, 2.24) is 5.48 Å². The molecule has 0 radical (unpaired) electrons. The van der Waals surface area contributed by atoms with Gasteiger partial charge in [0.25, 0.3) is 0 Å². The Morgan fingerprint density at radius 3 is 2.46 bits per heavy atom. The molecule has 74 valence electrons. The summed E-state index contributed by atoms with van der Waals surface area (Å²) in [6.45, 7) is 1.06. The van der Waals surface area contributed by atoms with Crippen LogP contribution < -0.4 is 5.48 Å². The zero-order chi connectivity index (χ0) is 10.3. The third-order valence-corrected chi connectivity index (χ3v) is 1.52. The highest BCUT2D eigenvalue weighted by Crippen LogP contribution is 2.31. The van der Waals surface area contributed by atoms with E-state index in [-0.39, 0.29) is 0 Å². The van der Waals surface area contributed by atoms with Crippen LogP contribution >= 0.6 is 0 Å². The standard InChI is InChI=1S/C6H6F3NO3/c1-5(4(11)12)2-3(13-10-5)6(7,8)9/h2,10H,1H3,(H,11,12). The first kappa shape index (κ1) is 9.85. The van der Waals surface area contributed by atoms with E-state index >= 15 is 0 Å². The van der Waals surface area contributed by atoms with Crippen molar-refractivity contribution < 1.29 is 27.9 Å². The number of aliphatic carboxylic acids is 1. The van der Waals surface area contributed by atoms with Crippen molar-refractivity contribution in [3.05, 3.63) is 11.8 Å². The van der Waals surface area contributed by atoms with Crippen LogP contribution in [0.4, 0.5) is 13.2 Å². The summed E-state index contributed by atoms with van der Waals surface area (Å²) in [7, 11) is 0. The molecule has 0 spiro atoms. The number of hydroxylamine groups is 1. The molecule has 0 aromatic carbocycles. The molecule has 0 bridgehead atoms. The molecule has 1 aliphatic rings. The van der Waals surface area contributed by atoms with Crippen LogP contribution in [0.3, 0.4) is 0 Å². The Balaban J connectivity index is 2.92. The number of carboxylic acid groups (broad SMARTS) is 1. The van der Waals surface area contributed by atoms with Gasteiger partial charge in [-0.2, -0.15) is 13.2 Å². The van der Waals surface area contributed by atoms with Gasteiger partial charge in [0.15, 0.2) is 5.54 Å². The second kappa shape index (κ2) is 2.63. The molecule has 0 aliphatic carbocycles. The van der Waals surface area contributed by atoms with Crippen LogP contribution in [0.1, 0.15) is 6.92 Å². The molecule has 7 heteroatoms. The second-order valence-corrected chi connectivity index (χ2v) is 2.72. The van der Waals surface area contributed by atoms with E-state index in [2.05, 4.69) is 4.84 Å². The normalized spacial score (nSPS) is 28.2. The first-order valence-electron chi connectivity index (χ1n) is 3.23. The highest BCUT2D eigenvalue weighted by molar-refractivity contribution is 5.81. The molecule has 0 aromatic heterocycles. The molecule has 0 aromatic rings. The van der Waals surface area contributed by atoms with E-state index in [0.29, 0.717) is 6.08 Å². The van der Waals surface area contributed by atoms with E-state index in [1.165, 1.54) is 0 Å². The van der Waals surface area contributed by atoms with Crippen LogP contribution in [-0.2, 0) is 9.63 Å². The Kier molecular flexibility index (Phi) is 1.99. The summed E-state index contributed by atoms with van der Waals surface area (Å²) in [6, 6.07) is 0. The highest BCUT2D eigenvalue weighted by Gasteiger charge is 2.47. The van der Waals surface area contributed by atoms with E-state index in [9.17, 15) is 18.0 Å². The topological polar surface area (TPSA) is 58.6 Å². The van der Waals surface area contributed by atoms with Gasteiger partial charge in [0.05, 0.1) is 0 Å². The molecule has 1 rings (SSSR count). The minimum atomic E-state index is -4.67. The van der Waals surface area contributed by atoms with Gasteiger partial charge in [0, 0.05) is 0 Å². The van der Waals surface area contributed by atoms with Gasteiger partial charge in [-0.3, -0.25) is 0 Å². The van der Waals surface area contributed by atoms with Crippen molar-refractivity contribution in [2.45, 2.75) is 18.6 Å². The average Bonchev–Trinajstić information content (AvgIpc) is 2.31. The summed E-state index contributed by atoms with van der Waals surface area (Å²) in [6.07, 6.45) is -4.18. The smallest absolute Gasteiger partial charge is 0.451 e. The van der Waals surface area contributed by atoms with Crippen LogP contribution in [0.25, 0.3) is 0 Å². The summed E-state index contributed by atoms with van der Waals surface area (Å²) in [5.74, 6) is -2.77. The van der Waals surface area contributed by atoms with Crippen LogP contribution in [0.15, 0.2) is 11.8 Å². The average molecular weight is 197 g/mol. The van der Waals surface area contributed by atoms with Crippen LogP contribution in [0.2, 0.25) is 0 Å². The summed E-state index contributed by atoms with van der Waals surface area (Å²) >= 11 is 0. The molecule has 0 saturated carbocycles. The lowest BCUT2D eigenvalue weighted by Gasteiger charge is -2.13. The molecule has 0 amide bonds. The maximum absolute atomic E-state index is 11.9. The van der Waals surface area contributed by atoms with E-state index < -0.39 is 23.4 Å². The van der Waals surface area contributed by atoms with E-state index in [0.717, 1.165) is 6.92 Å². The number of nitrogens with one attached hydrogen (secondary N) is 1. The van der Waals surface area contributed by atoms with E-state index in [4.69, 9.17) is 5.11 Å². The minimum Gasteiger partial charge on any atom is -0.480 e. The molecule has 1 unspecified atom stereocenters. The van der Waals surface area contributed by atoms with Crippen LogP contribution in [0.5, 0.6) is 0 Å². The fraction of sp³-hybridized carbons (Fsp3) is 0.500. The molecule has 0 saturated heterocycles. The number of carbonyl (C=O) groups is 1. The third kappa shape index (κ3) is 1.74. The Bertz CT molecular complexity index is 273. The SMILES string of the molecule is CC1(C(=O)O)C=C(C(F)(F)F)ON1. The quantitative estimate of drug-likeness (QED) is 0.653. The number of alkyl halides is 3. The van der Waals surface area contributed by atoms with Crippen LogP contribution in [0, 0.1) is 0 Å². The van der Waals surface area contributed by atoms with Crippen molar-refractivity contribution in [2.24, 2.45) is 0 Å². The van der Waals surface area contributed by atoms with Gasteiger partial charge in [-0.15, -0.1) is 5.48 Å².